The Labute approximate surface area is 131 Å². The molecule has 120 valence electrons. The minimum absolute atomic E-state index is 0.0705. The highest BCUT2D eigenvalue weighted by Gasteiger charge is 2.21. The van der Waals surface area contributed by atoms with Gasteiger partial charge in [-0.15, -0.1) is 0 Å². The second kappa shape index (κ2) is 6.13. The molecule has 1 aromatic heterocycles. The largest absolute Gasteiger partial charge is 0.393 e. The molecule has 1 atom stereocenters. The van der Waals surface area contributed by atoms with Crippen LogP contribution in [0.4, 0.5) is 0 Å². The van der Waals surface area contributed by atoms with Crippen molar-refractivity contribution in [2.45, 2.75) is 47.1 Å². The van der Waals surface area contributed by atoms with Crippen LogP contribution in [0.5, 0.6) is 0 Å². The summed E-state index contributed by atoms with van der Waals surface area (Å²) >= 11 is 0. The van der Waals surface area contributed by atoms with Crippen molar-refractivity contribution in [2.75, 3.05) is 6.54 Å². The Balaban J connectivity index is 2.11. The van der Waals surface area contributed by atoms with Crippen LogP contribution in [0.1, 0.15) is 48.8 Å². The van der Waals surface area contributed by atoms with E-state index in [-0.39, 0.29) is 17.4 Å². The van der Waals surface area contributed by atoms with E-state index >= 15 is 0 Å². The number of aryl methyl sites for hydroxylation is 2. The molecular formula is C18H26N2O2. The van der Waals surface area contributed by atoms with E-state index in [0.717, 1.165) is 16.6 Å². The van der Waals surface area contributed by atoms with Crippen LogP contribution in [0.3, 0.4) is 0 Å². The molecule has 1 amide bonds. The average molecular weight is 302 g/mol. The van der Waals surface area contributed by atoms with E-state index < -0.39 is 0 Å². The molecule has 0 aliphatic rings. The van der Waals surface area contributed by atoms with Gasteiger partial charge in [0.05, 0.1) is 6.10 Å². The van der Waals surface area contributed by atoms with E-state index in [9.17, 15) is 9.90 Å². The Morgan fingerprint density at radius 3 is 2.68 bits per heavy atom. The van der Waals surface area contributed by atoms with Gasteiger partial charge < -0.3 is 15.4 Å². The molecule has 0 spiro atoms. The van der Waals surface area contributed by atoms with Crippen LogP contribution in [-0.4, -0.2) is 28.6 Å². The Morgan fingerprint density at radius 2 is 2.05 bits per heavy atom. The zero-order chi connectivity index (χ0) is 16.5. The van der Waals surface area contributed by atoms with Gasteiger partial charge in [-0.25, -0.2) is 0 Å². The number of hydrogen-bond donors (Lipinski definition) is 3. The van der Waals surface area contributed by atoms with Crippen molar-refractivity contribution in [3.05, 3.63) is 35.0 Å². The van der Waals surface area contributed by atoms with Gasteiger partial charge in [0.2, 0.25) is 0 Å². The van der Waals surface area contributed by atoms with Crippen molar-refractivity contribution in [2.24, 2.45) is 5.41 Å². The third kappa shape index (κ3) is 3.69. The maximum absolute atomic E-state index is 12.4. The number of rotatable bonds is 5. The first kappa shape index (κ1) is 16.6. The third-order valence-corrected chi connectivity index (χ3v) is 4.15. The maximum atomic E-state index is 12.4. The first-order valence-electron chi connectivity index (χ1n) is 7.75. The van der Waals surface area contributed by atoms with E-state index in [1.54, 1.807) is 6.92 Å². The molecule has 0 radical (unpaired) electrons. The smallest absolute Gasteiger partial charge is 0.251 e. The fourth-order valence-corrected chi connectivity index (χ4v) is 2.90. The number of aromatic nitrogens is 1. The molecule has 1 aromatic carbocycles. The number of amides is 1. The lowest BCUT2D eigenvalue weighted by Crippen LogP contribution is -2.35. The summed E-state index contributed by atoms with van der Waals surface area (Å²) in [4.78, 5) is 15.7. The van der Waals surface area contributed by atoms with Crippen LogP contribution < -0.4 is 5.32 Å². The maximum Gasteiger partial charge on any atom is 0.251 e. The van der Waals surface area contributed by atoms with E-state index in [1.165, 1.54) is 5.56 Å². The highest BCUT2D eigenvalue weighted by molar-refractivity contribution is 5.99. The molecule has 4 heteroatoms. The Hall–Kier alpha value is -1.81. The summed E-state index contributed by atoms with van der Waals surface area (Å²) in [5, 5.41) is 13.6. The fraction of sp³-hybridized carbons (Fsp3) is 0.500. The SMILES string of the molecule is Cc1[nH]c2ccc(C(=O)NCC(C)(C)CC(C)O)cc2c1C. The molecule has 3 N–H and O–H groups in total. The third-order valence-electron chi connectivity index (χ3n) is 4.15. The molecule has 22 heavy (non-hydrogen) atoms. The number of fused-ring (bicyclic) bond motifs is 1. The van der Waals surface area contributed by atoms with Gasteiger partial charge in [0, 0.05) is 28.7 Å². The fourth-order valence-electron chi connectivity index (χ4n) is 2.90. The number of aliphatic hydroxyl groups excluding tert-OH is 1. The molecule has 0 bridgehead atoms. The van der Waals surface area contributed by atoms with Gasteiger partial charge in [-0.1, -0.05) is 13.8 Å². The van der Waals surface area contributed by atoms with Crippen LogP contribution in [-0.2, 0) is 0 Å². The van der Waals surface area contributed by atoms with Gasteiger partial charge >= 0.3 is 0 Å². The molecule has 4 nitrogen and oxygen atoms in total. The quantitative estimate of drug-likeness (QED) is 0.793. The molecule has 1 unspecified atom stereocenters. The van der Waals surface area contributed by atoms with Gasteiger partial charge in [-0.2, -0.15) is 0 Å². The molecular weight excluding hydrogens is 276 g/mol. The summed E-state index contributed by atoms with van der Waals surface area (Å²) in [6, 6.07) is 5.73. The number of benzene rings is 1. The normalized spacial score (nSPS) is 13.4. The topological polar surface area (TPSA) is 65.1 Å². The monoisotopic (exact) mass is 302 g/mol. The van der Waals surface area contributed by atoms with Gasteiger partial charge in [-0.05, 0) is 56.4 Å². The van der Waals surface area contributed by atoms with Crippen molar-refractivity contribution in [3.8, 4) is 0 Å². The highest BCUT2D eigenvalue weighted by atomic mass is 16.3. The van der Waals surface area contributed by atoms with Crippen molar-refractivity contribution in [1.82, 2.24) is 10.3 Å². The number of hydrogen-bond acceptors (Lipinski definition) is 2. The Bertz CT molecular complexity index is 684. The van der Waals surface area contributed by atoms with Crippen LogP contribution in [0.15, 0.2) is 18.2 Å². The van der Waals surface area contributed by atoms with Crippen molar-refractivity contribution < 1.29 is 9.90 Å². The summed E-state index contributed by atoms with van der Waals surface area (Å²) in [5.41, 5.74) is 3.90. The molecule has 2 aromatic rings. The number of nitrogens with one attached hydrogen (secondary N) is 2. The summed E-state index contributed by atoms with van der Waals surface area (Å²) in [6.07, 6.45) is 0.288. The van der Waals surface area contributed by atoms with E-state index in [1.807, 2.05) is 39.0 Å². The molecule has 0 fully saturated rings. The van der Waals surface area contributed by atoms with Crippen LogP contribution >= 0.6 is 0 Å². The molecule has 0 aliphatic heterocycles. The van der Waals surface area contributed by atoms with E-state index in [4.69, 9.17) is 0 Å². The molecule has 0 saturated carbocycles. The lowest BCUT2D eigenvalue weighted by molar-refractivity contribution is 0.0902. The first-order chi connectivity index (χ1) is 10.2. The number of carbonyl (C=O) groups is 1. The van der Waals surface area contributed by atoms with Crippen molar-refractivity contribution in [1.29, 1.82) is 0 Å². The molecule has 0 aliphatic carbocycles. The zero-order valence-corrected chi connectivity index (χ0v) is 14.1. The van der Waals surface area contributed by atoms with Crippen molar-refractivity contribution >= 4 is 16.8 Å². The lowest BCUT2D eigenvalue weighted by Gasteiger charge is -2.26. The second-order valence-corrected chi connectivity index (χ2v) is 7.04. The second-order valence-electron chi connectivity index (χ2n) is 7.04. The van der Waals surface area contributed by atoms with E-state index in [0.29, 0.717) is 18.5 Å². The molecule has 1 heterocycles. The highest BCUT2D eigenvalue weighted by Crippen LogP contribution is 2.23. The van der Waals surface area contributed by atoms with E-state index in [2.05, 4.69) is 17.2 Å². The predicted molar refractivity (Wildman–Crippen MR) is 90.2 cm³/mol. The number of aliphatic hydroxyl groups is 1. The Kier molecular flexibility index (Phi) is 4.61. The van der Waals surface area contributed by atoms with Crippen LogP contribution in [0.25, 0.3) is 10.9 Å². The lowest BCUT2D eigenvalue weighted by atomic mass is 9.87. The van der Waals surface area contributed by atoms with Gasteiger partial charge in [0.25, 0.3) is 5.91 Å². The summed E-state index contributed by atoms with van der Waals surface area (Å²) < 4.78 is 0. The summed E-state index contributed by atoms with van der Waals surface area (Å²) in [6.45, 7) is 10.5. The summed E-state index contributed by atoms with van der Waals surface area (Å²) in [7, 11) is 0. The van der Waals surface area contributed by atoms with Gasteiger partial charge in [0.1, 0.15) is 0 Å². The molecule has 2 rings (SSSR count). The number of H-pyrrole nitrogens is 1. The summed E-state index contributed by atoms with van der Waals surface area (Å²) in [5.74, 6) is -0.0705. The minimum atomic E-state index is -0.367. The van der Waals surface area contributed by atoms with Crippen molar-refractivity contribution in [3.63, 3.8) is 0 Å². The number of carbonyl (C=O) groups excluding carboxylic acids is 1. The zero-order valence-electron chi connectivity index (χ0n) is 14.1. The predicted octanol–water partition coefficient (Wildman–Crippen LogP) is 3.31. The number of aromatic amines is 1. The Morgan fingerprint density at radius 1 is 1.36 bits per heavy atom. The molecule has 0 saturated heterocycles. The standard InChI is InChI=1S/C18H26N2O2/c1-11(21)9-18(4,5)10-19-17(22)14-6-7-16-15(8-14)12(2)13(3)20-16/h6-8,11,20-21H,9-10H2,1-5H3,(H,19,22). The first-order valence-corrected chi connectivity index (χ1v) is 7.75. The van der Waals surface area contributed by atoms with Crippen LogP contribution in [0, 0.1) is 19.3 Å². The average Bonchev–Trinajstić information content (AvgIpc) is 2.70. The van der Waals surface area contributed by atoms with Crippen LogP contribution in [0.2, 0.25) is 0 Å². The minimum Gasteiger partial charge on any atom is -0.393 e. The van der Waals surface area contributed by atoms with Gasteiger partial charge in [-0.3, -0.25) is 4.79 Å². The van der Waals surface area contributed by atoms with Gasteiger partial charge in [0.15, 0.2) is 0 Å².